The zero-order chi connectivity index (χ0) is 47.3. The number of aromatic nitrogens is 2. The molecule has 9 rings (SSSR count). The Kier molecular flexibility index (Phi) is 13.0. The summed E-state index contributed by atoms with van der Waals surface area (Å²) in [6.45, 7) is 20.9. The number of rotatable bonds is 16. The number of nitrogens with two attached hydrogens (primary N) is 1. The summed E-state index contributed by atoms with van der Waals surface area (Å²) in [7, 11) is 4.07. The molecule has 9 nitrogen and oxygen atoms in total. The summed E-state index contributed by atoms with van der Waals surface area (Å²) in [6.07, 6.45) is 6.98. The molecule has 0 radical (unpaired) electrons. The third-order valence-corrected chi connectivity index (χ3v) is 16.2. The molecule has 2 saturated heterocycles. The molecule has 3 fully saturated rings. The van der Waals surface area contributed by atoms with Gasteiger partial charge in [-0.1, -0.05) is 87.6 Å². The van der Waals surface area contributed by atoms with E-state index in [9.17, 15) is 4.79 Å². The Balaban J connectivity index is 0.805. The molecule has 2 aliphatic heterocycles. The van der Waals surface area contributed by atoms with Gasteiger partial charge in [0.2, 0.25) is 5.91 Å². The molecular weight excluding hydrogens is 862 g/mol. The van der Waals surface area contributed by atoms with E-state index in [0.29, 0.717) is 53.8 Å². The first kappa shape index (κ1) is 46.5. The summed E-state index contributed by atoms with van der Waals surface area (Å²) in [4.78, 5) is 20.6. The average Bonchev–Trinajstić information content (AvgIpc) is 3.78. The second kappa shape index (κ2) is 18.8. The number of hydrogen-bond acceptors (Lipinski definition) is 7. The molecule has 1 amide bonds. The molecule has 2 aliphatic carbocycles. The molecule has 1 aromatic heterocycles. The molecule has 3 heterocycles. The van der Waals surface area contributed by atoms with Crippen LogP contribution in [-0.4, -0.2) is 72.9 Å². The van der Waals surface area contributed by atoms with Gasteiger partial charge in [-0.3, -0.25) is 9.48 Å². The van der Waals surface area contributed by atoms with Gasteiger partial charge in [0.05, 0.1) is 10.5 Å². The summed E-state index contributed by atoms with van der Waals surface area (Å²) in [5.41, 5.74) is 13.6. The first-order valence-corrected chi connectivity index (χ1v) is 24.4. The number of aryl methyl sites for hydroxylation is 2. The molecule has 2 unspecified atom stereocenters. The zero-order valence-electron chi connectivity index (χ0n) is 39.5. The SMILES string of the molecule is C=CNC(=C)CCN(C)c1nn(C)c2cc(N3CC(C4CN(C(=O)C5CCC(NCC6(c7ccccc7)Cc7cc(F)c(Cl)c(-c8c(C(=C)N)ccc(CC)c8F)c7C6C)CC5)C4)C3)ccc12. The monoisotopic (exact) mass is 926 g/mol. The van der Waals surface area contributed by atoms with Crippen LogP contribution in [0.15, 0.2) is 98.4 Å². The van der Waals surface area contributed by atoms with Gasteiger partial charge in [-0.25, -0.2) is 8.78 Å². The lowest BCUT2D eigenvalue weighted by Gasteiger charge is -2.52. The lowest BCUT2D eigenvalue weighted by molar-refractivity contribution is -0.144. The number of hydrogen-bond donors (Lipinski definition) is 3. The molecular formula is C55H65ClF2N8O. The standard InChI is InChI=1S/C55H65ClF2N8O/c1-8-36-17-21-44(35(5)59)49(52(36)58)50-48-34(4)55(41-13-11-10-12-14-41,27-38(48)25-46(57)51(50)56)32-61-42-18-15-37(16-19-42)54(67)66-30-40(31-66)39-28-65(29-39)43-20-22-45-47(26-43)64(7)62-53(45)63(6)24-23-33(3)60-9-2/h9-14,17,20-22,25-26,34,37,39-40,42,60-61H,2-3,5,8,15-16,18-19,23-24,27-32,59H2,1,4,6-7H3. The van der Waals surface area contributed by atoms with Crippen LogP contribution in [0.5, 0.6) is 0 Å². The van der Waals surface area contributed by atoms with Crippen LogP contribution in [0.4, 0.5) is 20.3 Å². The Bertz CT molecular complexity index is 2720. The number of benzene rings is 4. The number of nitrogens with zero attached hydrogens (tertiary/aromatic N) is 5. The van der Waals surface area contributed by atoms with Crippen molar-refractivity contribution in [3.8, 4) is 11.1 Å². The fraction of sp³-hybridized carbons (Fsp3) is 0.418. The number of carbonyl (C=O) groups is 1. The Labute approximate surface area is 399 Å². The van der Waals surface area contributed by atoms with E-state index in [4.69, 9.17) is 22.4 Å². The third kappa shape index (κ3) is 8.51. The predicted octanol–water partition coefficient (Wildman–Crippen LogP) is 10.1. The Morgan fingerprint density at radius 3 is 2.40 bits per heavy atom. The van der Waals surface area contributed by atoms with Crippen molar-refractivity contribution >= 4 is 45.6 Å². The molecule has 4 aromatic carbocycles. The lowest BCUT2D eigenvalue weighted by Crippen LogP contribution is -2.61. The van der Waals surface area contributed by atoms with Crippen LogP contribution < -0.4 is 26.2 Å². The molecule has 67 heavy (non-hydrogen) atoms. The minimum absolute atomic E-state index is 0.0415. The fourth-order valence-corrected chi connectivity index (χ4v) is 11.9. The third-order valence-electron chi connectivity index (χ3n) is 15.8. The molecule has 12 heteroatoms. The largest absolute Gasteiger partial charge is 0.399 e. The second-order valence-electron chi connectivity index (χ2n) is 19.8. The highest BCUT2D eigenvalue weighted by Crippen LogP contribution is 2.55. The van der Waals surface area contributed by atoms with Crippen LogP contribution in [0, 0.1) is 29.4 Å². The fourth-order valence-electron chi connectivity index (χ4n) is 11.7. The van der Waals surface area contributed by atoms with E-state index in [1.165, 1.54) is 5.69 Å². The minimum Gasteiger partial charge on any atom is -0.399 e. The molecule has 1 saturated carbocycles. The van der Waals surface area contributed by atoms with Crippen LogP contribution in [0.25, 0.3) is 27.7 Å². The molecule has 352 valence electrons. The van der Waals surface area contributed by atoms with Crippen molar-refractivity contribution in [2.45, 2.75) is 76.2 Å². The van der Waals surface area contributed by atoms with Crippen LogP contribution in [0.2, 0.25) is 5.02 Å². The highest BCUT2D eigenvalue weighted by molar-refractivity contribution is 6.34. The highest BCUT2D eigenvalue weighted by Gasteiger charge is 2.48. The van der Waals surface area contributed by atoms with Crippen molar-refractivity contribution in [2.24, 2.45) is 30.5 Å². The Hall–Kier alpha value is -5.65. The number of carbonyl (C=O) groups excluding carboxylic acids is 1. The first-order chi connectivity index (χ1) is 32.2. The summed E-state index contributed by atoms with van der Waals surface area (Å²) < 4.78 is 34.4. The van der Waals surface area contributed by atoms with Crippen molar-refractivity contribution in [2.75, 3.05) is 56.1 Å². The molecule has 5 aromatic rings. The molecule has 0 spiro atoms. The van der Waals surface area contributed by atoms with E-state index in [2.05, 4.69) is 89.4 Å². The predicted molar refractivity (Wildman–Crippen MR) is 270 cm³/mol. The van der Waals surface area contributed by atoms with E-state index in [0.717, 1.165) is 104 Å². The van der Waals surface area contributed by atoms with Gasteiger partial charge in [0, 0.05) is 128 Å². The minimum atomic E-state index is -0.575. The van der Waals surface area contributed by atoms with Gasteiger partial charge in [-0.2, -0.15) is 5.10 Å². The van der Waals surface area contributed by atoms with Gasteiger partial charge in [-0.15, -0.1) is 0 Å². The number of fused-ring (bicyclic) bond motifs is 2. The molecule has 2 atom stereocenters. The van der Waals surface area contributed by atoms with Crippen molar-refractivity contribution in [1.82, 2.24) is 25.3 Å². The van der Waals surface area contributed by atoms with E-state index in [1.807, 2.05) is 36.9 Å². The smallest absolute Gasteiger partial charge is 0.225 e. The van der Waals surface area contributed by atoms with Crippen molar-refractivity contribution < 1.29 is 13.6 Å². The van der Waals surface area contributed by atoms with Gasteiger partial charge in [-0.05, 0) is 97.2 Å². The summed E-state index contributed by atoms with van der Waals surface area (Å²) >= 11 is 6.88. The van der Waals surface area contributed by atoms with Crippen LogP contribution >= 0.6 is 11.6 Å². The van der Waals surface area contributed by atoms with Gasteiger partial charge in [0.25, 0.3) is 0 Å². The van der Waals surface area contributed by atoms with Gasteiger partial charge in [0.15, 0.2) is 5.82 Å². The maximum absolute atomic E-state index is 16.5. The number of amides is 1. The van der Waals surface area contributed by atoms with E-state index in [1.54, 1.807) is 24.4 Å². The lowest BCUT2D eigenvalue weighted by atomic mass is 9.70. The van der Waals surface area contributed by atoms with Crippen LogP contribution in [-0.2, 0) is 30.1 Å². The quantitative estimate of drug-likeness (QED) is 0.0908. The maximum Gasteiger partial charge on any atom is 0.225 e. The number of anilines is 2. The number of halogens is 3. The van der Waals surface area contributed by atoms with Crippen LogP contribution in [0.1, 0.15) is 79.7 Å². The zero-order valence-corrected chi connectivity index (χ0v) is 40.2. The van der Waals surface area contributed by atoms with Crippen molar-refractivity contribution in [1.29, 1.82) is 0 Å². The normalized spacial score (nSPS) is 21.7. The second-order valence-corrected chi connectivity index (χ2v) is 20.1. The number of nitrogens with one attached hydrogen (secondary N) is 2. The molecule has 4 aliphatic rings. The summed E-state index contributed by atoms with van der Waals surface area (Å²) in [5.74, 6) is 1.26. The van der Waals surface area contributed by atoms with E-state index >= 15 is 8.78 Å². The van der Waals surface area contributed by atoms with Crippen LogP contribution in [0.3, 0.4) is 0 Å². The number of likely N-dealkylation sites (tertiary alicyclic amines) is 1. The Morgan fingerprint density at radius 1 is 1.00 bits per heavy atom. The first-order valence-electron chi connectivity index (χ1n) is 24.1. The summed E-state index contributed by atoms with van der Waals surface area (Å²) in [6, 6.07) is 22.3. The van der Waals surface area contributed by atoms with Gasteiger partial charge < -0.3 is 31.1 Å². The summed E-state index contributed by atoms with van der Waals surface area (Å²) in [5, 5.41) is 12.9. The van der Waals surface area contributed by atoms with E-state index in [-0.39, 0.29) is 34.2 Å². The maximum atomic E-state index is 16.5. The topological polar surface area (TPSA) is 94.7 Å². The average molecular weight is 928 g/mol. The molecule has 4 N–H and O–H groups in total. The highest BCUT2D eigenvalue weighted by atomic mass is 35.5. The molecule has 0 bridgehead atoms. The van der Waals surface area contributed by atoms with E-state index < -0.39 is 17.0 Å². The Morgan fingerprint density at radius 2 is 1.72 bits per heavy atom. The van der Waals surface area contributed by atoms with Crippen molar-refractivity contribution in [3.63, 3.8) is 0 Å². The van der Waals surface area contributed by atoms with Gasteiger partial charge in [0.1, 0.15) is 11.6 Å². The van der Waals surface area contributed by atoms with Gasteiger partial charge >= 0.3 is 0 Å². The van der Waals surface area contributed by atoms with Crippen molar-refractivity contribution in [3.05, 3.63) is 143 Å².